The number of ether oxygens (including phenoxy) is 1. The van der Waals surface area contributed by atoms with Crippen LogP contribution in [0.15, 0.2) is 36.4 Å². The van der Waals surface area contributed by atoms with E-state index in [0.29, 0.717) is 17.9 Å². The molecule has 2 heterocycles. The molecule has 1 aromatic carbocycles. The quantitative estimate of drug-likeness (QED) is 0.752. The van der Waals surface area contributed by atoms with Crippen LogP contribution in [0.5, 0.6) is 5.75 Å². The van der Waals surface area contributed by atoms with Gasteiger partial charge in [-0.3, -0.25) is 14.6 Å². The minimum atomic E-state index is -0.213. The number of methoxy groups -OCH3 is 1. The van der Waals surface area contributed by atoms with Crippen LogP contribution in [-0.4, -0.2) is 33.0 Å². The van der Waals surface area contributed by atoms with Gasteiger partial charge < -0.3 is 10.1 Å². The lowest BCUT2D eigenvalue weighted by molar-refractivity contribution is 0.0945. The Labute approximate surface area is 139 Å². The highest BCUT2D eigenvalue weighted by atomic mass is 16.5. The topological polar surface area (TPSA) is 84.8 Å². The summed E-state index contributed by atoms with van der Waals surface area (Å²) in [4.78, 5) is 12.3. The number of H-pyrrole nitrogens is 1. The van der Waals surface area contributed by atoms with Gasteiger partial charge in [-0.25, -0.2) is 0 Å². The Balaban J connectivity index is 1.70. The fourth-order valence-corrected chi connectivity index (χ4v) is 2.46. The third-order valence-electron chi connectivity index (χ3n) is 3.72. The lowest BCUT2D eigenvalue weighted by Gasteiger charge is -2.03. The summed E-state index contributed by atoms with van der Waals surface area (Å²) in [6, 6.07) is 11.2. The predicted octanol–water partition coefficient (Wildman–Crippen LogP) is 2.06. The van der Waals surface area contributed by atoms with Crippen LogP contribution >= 0.6 is 0 Å². The molecule has 24 heavy (non-hydrogen) atoms. The van der Waals surface area contributed by atoms with Gasteiger partial charge in [-0.1, -0.05) is 12.1 Å². The fraction of sp³-hybridized carbons (Fsp3) is 0.235. The molecule has 0 radical (unpaired) electrons. The number of carbonyl (C=O) groups excluding carboxylic acids is 1. The van der Waals surface area contributed by atoms with Crippen molar-refractivity contribution in [1.82, 2.24) is 25.3 Å². The van der Waals surface area contributed by atoms with Crippen LogP contribution in [0.1, 0.15) is 21.9 Å². The second-order valence-electron chi connectivity index (χ2n) is 5.48. The molecule has 0 bridgehead atoms. The van der Waals surface area contributed by atoms with Gasteiger partial charge in [0.2, 0.25) is 0 Å². The van der Waals surface area contributed by atoms with Crippen LogP contribution in [0.2, 0.25) is 0 Å². The molecule has 7 heteroatoms. The molecule has 2 N–H and O–H groups in total. The third kappa shape index (κ3) is 3.29. The number of nitrogens with zero attached hydrogens (tertiary/aromatic N) is 3. The van der Waals surface area contributed by atoms with Gasteiger partial charge in [0, 0.05) is 12.6 Å². The molecule has 0 aliphatic rings. The summed E-state index contributed by atoms with van der Waals surface area (Å²) in [5, 5.41) is 14.1. The van der Waals surface area contributed by atoms with E-state index in [9.17, 15) is 4.79 Å². The Morgan fingerprint density at radius 3 is 2.88 bits per heavy atom. The van der Waals surface area contributed by atoms with Gasteiger partial charge >= 0.3 is 0 Å². The number of hydrogen-bond acceptors (Lipinski definition) is 4. The summed E-state index contributed by atoms with van der Waals surface area (Å²) in [5.41, 5.74) is 3.84. The summed E-state index contributed by atoms with van der Waals surface area (Å²) in [7, 11) is 3.47. The van der Waals surface area contributed by atoms with Gasteiger partial charge in [0.25, 0.3) is 5.91 Å². The Bertz CT molecular complexity index is 866. The summed E-state index contributed by atoms with van der Waals surface area (Å²) in [5.74, 6) is 0.531. The first-order valence-corrected chi connectivity index (χ1v) is 7.54. The molecular weight excluding hydrogens is 306 g/mol. The number of aromatic amines is 1. The molecule has 0 atom stereocenters. The van der Waals surface area contributed by atoms with E-state index < -0.39 is 0 Å². The second-order valence-corrected chi connectivity index (χ2v) is 5.48. The number of rotatable bonds is 5. The van der Waals surface area contributed by atoms with E-state index in [4.69, 9.17) is 4.74 Å². The van der Waals surface area contributed by atoms with E-state index in [-0.39, 0.29) is 5.91 Å². The first-order chi connectivity index (χ1) is 11.6. The van der Waals surface area contributed by atoms with Crippen molar-refractivity contribution in [2.24, 2.45) is 7.05 Å². The van der Waals surface area contributed by atoms with E-state index >= 15 is 0 Å². The highest BCUT2D eigenvalue weighted by Crippen LogP contribution is 2.22. The SMILES string of the molecule is COc1cccc(-c2cc(C(=O)NCc3cc(C)nn3C)[nH]n2)c1. The lowest BCUT2D eigenvalue weighted by Crippen LogP contribution is -2.24. The van der Waals surface area contributed by atoms with Gasteiger partial charge in [0.05, 0.1) is 30.7 Å². The summed E-state index contributed by atoms with van der Waals surface area (Å²) in [6.07, 6.45) is 0. The molecule has 2 aromatic heterocycles. The monoisotopic (exact) mass is 325 g/mol. The van der Waals surface area contributed by atoms with Gasteiger partial charge in [0.1, 0.15) is 11.4 Å². The van der Waals surface area contributed by atoms with Crippen molar-refractivity contribution in [2.45, 2.75) is 13.5 Å². The summed E-state index contributed by atoms with van der Waals surface area (Å²) >= 11 is 0. The summed E-state index contributed by atoms with van der Waals surface area (Å²) < 4.78 is 6.96. The van der Waals surface area contributed by atoms with Crippen LogP contribution in [0.4, 0.5) is 0 Å². The largest absolute Gasteiger partial charge is 0.497 e. The highest BCUT2D eigenvalue weighted by Gasteiger charge is 2.12. The number of benzene rings is 1. The van der Waals surface area contributed by atoms with Crippen molar-refractivity contribution in [3.63, 3.8) is 0 Å². The molecule has 1 amide bonds. The fourth-order valence-electron chi connectivity index (χ4n) is 2.46. The second kappa shape index (κ2) is 6.57. The number of aromatic nitrogens is 4. The van der Waals surface area contributed by atoms with Crippen molar-refractivity contribution in [3.8, 4) is 17.0 Å². The van der Waals surface area contributed by atoms with E-state index in [1.807, 2.05) is 44.3 Å². The number of carbonyl (C=O) groups is 1. The molecule has 0 spiro atoms. The molecule has 0 aliphatic heterocycles. The number of amides is 1. The molecule has 124 valence electrons. The molecule has 0 aliphatic carbocycles. The van der Waals surface area contributed by atoms with Crippen LogP contribution in [0, 0.1) is 6.92 Å². The average Bonchev–Trinajstić information content (AvgIpc) is 3.19. The first kappa shape index (κ1) is 15.8. The number of hydrogen-bond donors (Lipinski definition) is 2. The smallest absolute Gasteiger partial charge is 0.269 e. The predicted molar refractivity (Wildman–Crippen MR) is 89.7 cm³/mol. The van der Waals surface area contributed by atoms with Crippen molar-refractivity contribution in [3.05, 3.63) is 53.5 Å². The Morgan fingerprint density at radius 2 is 2.17 bits per heavy atom. The minimum Gasteiger partial charge on any atom is -0.497 e. The van der Waals surface area contributed by atoms with Crippen LogP contribution < -0.4 is 10.1 Å². The van der Waals surface area contributed by atoms with E-state index in [1.165, 1.54) is 0 Å². The molecule has 3 rings (SSSR count). The summed E-state index contributed by atoms with van der Waals surface area (Å²) in [6.45, 7) is 2.32. The molecular formula is C17H19N5O2. The molecule has 0 saturated heterocycles. The molecule has 7 nitrogen and oxygen atoms in total. The lowest BCUT2D eigenvalue weighted by atomic mass is 10.1. The third-order valence-corrected chi connectivity index (χ3v) is 3.72. The Hall–Kier alpha value is -3.09. The zero-order valence-corrected chi connectivity index (χ0v) is 13.8. The highest BCUT2D eigenvalue weighted by molar-refractivity contribution is 5.93. The average molecular weight is 325 g/mol. The standard InChI is InChI=1S/C17H19N5O2/c1-11-7-13(22(2)21-11)10-18-17(23)16-9-15(19-20-16)12-5-4-6-14(8-12)24-3/h4-9H,10H2,1-3H3,(H,18,23)(H,19,20). The van der Waals surface area contributed by atoms with E-state index in [2.05, 4.69) is 20.6 Å². The minimum absolute atomic E-state index is 0.213. The zero-order valence-electron chi connectivity index (χ0n) is 13.8. The van der Waals surface area contributed by atoms with Crippen molar-refractivity contribution >= 4 is 5.91 Å². The van der Waals surface area contributed by atoms with Gasteiger partial charge in [0.15, 0.2) is 0 Å². The van der Waals surface area contributed by atoms with Crippen LogP contribution in [-0.2, 0) is 13.6 Å². The number of nitrogens with one attached hydrogen (secondary N) is 2. The maximum atomic E-state index is 12.3. The van der Waals surface area contributed by atoms with Crippen LogP contribution in [0.25, 0.3) is 11.3 Å². The molecule has 3 aromatic rings. The number of aryl methyl sites for hydroxylation is 2. The zero-order chi connectivity index (χ0) is 17.1. The van der Waals surface area contributed by atoms with Crippen molar-refractivity contribution in [2.75, 3.05) is 7.11 Å². The maximum Gasteiger partial charge on any atom is 0.269 e. The van der Waals surface area contributed by atoms with E-state index in [1.54, 1.807) is 17.9 Å². The van der Waals surface area contributed by atoms with Crippen molar-refractivity contribution < 1.29 is 9.53 Å². The molecule has 0 saturated carbocycles. The Morgan fingerprint density at radius 1 is 1.33 bits per heavy atom. The molecule has 0 fully saturated rings. The maximum absolute atomic E-state index is 12.3. The normalized spacial score (nSPS) is 10.6. The first-order valence-electron chi connectivity index (χ1n) is 7.54. The van der Waals surface area contributed by atoms with E-state index in [0.717, 1.165) is 22.7 Å². The molecule has 0 unspecified atom stereocenters. The van der Waals surface area contributed by atoms with Crippen molar-refractivity contribution in [1.29, 1.82) is 0 Å². The van der Waals surface area contributed by atoms with Crippen LogP contribution in [0.3, 0.4) is 0 Å². The van der Waals surface area contributed by atoms with Gasteiger partial charge in [-0.15, -0.1) is 0 Å². The van der Waals surface area contributed by atoms with Gasteiger partial charge in [-0.05, 0) is 31.2 Å². The Kier molecular flexibility index (Phi) is 4.33. The van der Waals surface area contributed by atoms with Gasteiger partial charge in [-0.2, -0.15) is 10.2 Å².